The molecule has 1 fully saturated rings. The zero-order chi connectivity index (χ0) is 17.6. The average Bonchev–Trinajstić information content (AvgIpc) is 2.64. The average molecular weight is 338 g/mol. The Hall–Kier alpha value is -2.91. The Kier molecular flexibility index (Phi) is 5.26. The molecule has 0 spiro atoms. The minimum Gasteiger partial charge on any atom is -0.322 e. The number of nitriles is 1. The second-order valence-electron chi connectivity index (χ2n) is 5.98. The molecule has 2 aromatic rings. The third kappa shape index (κ3) is 4.34. The number of carbonyl (C=O) groups is 1. The van der Waals surface area contributed by atoms with E-state index in [-0.39, 0.29) is 11.6 Å². The summed E-state index contributed by atoms with van der Waals surface area (Å²) >= 11 is 0. The quantitative estimate of drug-likeness (QED) is 0.936. The van der Waals surface area contributed by atoms with Crippen molar-refractivity contribution in [1.82, 2.24) is 9.80 Å². The van der Waals surface area contributed by atoms with Crippen LogP contribution in [-0.2, 0) is 6.54 Å². The zero-order valence-corrected chi connectivity index (χ0v) is 13.8. The topological polar surface area (TPSA) is 59.4 Å². The molecule has 0 aromatic heterocycles. The highest BCUT2D eigenvalue weighted by molar-refractivity contribution is 5.90. The van der Waals surface area contributed by atoms with E-state index in [1.165, 1.54) is 17.7 Å². The first-order chi connectivity index (χ1) is 12.2. The number of benzene rings is 2. The molecule has 0 unspecified atom stereocenters. The molecule has 0 saturated carbocycles. The van der Waals surface area contributed by atoms with Crippen molar-refractivity contribution in [2.45, 2.75) is 6.54 Å². The maximum absolute atomic E-state index is 13.2. The number of halogens is 1. The van der Waals surface area contributed by atoms with Gasteiger partial charge in [-0.15, -0.1) is 0 Å². The van der Waals surface area contributed by atoms with Gasteiger partial charge in [0.25, 0.3) is 0 Å². The highest BCUT2D eigenvalue weighted by Crippen LogP contribution is 2.17. The molecule has 1 saturated heterocycles. The van der Waals surface area contributed by atoms with Gasteiger partial charge in [-0.1, -0.05) is 30.3 Å². The van der Waals surface area contributed by atoms with Crippen molar-refractivity contribution in [3.8, 4) is 6.07 Å². The summed E-state index contributed by atoms with van der Waals surface area (Å²) in [5.41, 5.74) is 1.71. The standard InChI is InChI=1S/C19H19FN4O/c20-17-6-7-18(16(12-17)13-21)22-19(25)24-10-8-23(9-11-24)14-15-4-2-1-3-5-15/h1-7,12H,8-11,14H2,(H,22,25). The van der Waals surface area contributed by atoms with Crippen molar-refractivity contribution >= 4 is 11.7 Å². The number of piperazine rings is 1. The summed E-state index contributed by atoms with van der Waals surface area (Å²) in [5.74, 6) is -0.496. The Labute approximate surface area is 146 Å². The number of amides is 2. The molecule has 128 valence electrons. The first-order valence-corrected chi connectivity index (χ1v) is 8.17. The van der Waals surface area contributed by atoms with Gasteiger partial charge in [-0.2, -0.15) is 5.26 Å². The Morgan fingerprint density at radius 1 is 1.12 bits per heavy atom. The lowest BCUT2D eigenvalue weighted by atomic mass is 10.2. The summed E-state index contributed by atoms with van der Waals surface area (Å²) in [7, 11) is 0. The van der Waals surface area contributed by atoms with Crippen molar-refractivity contribution in [3.05, 3.63) is 65.5 Å². The molecular formula is C19H19FN4O. The second kappa shape index (κ2) is 7.77. The summed E-state index contributed by atoms with van der Waals surface area (Å²) in [6.45, 7) is 3.67. The SMILES string of the molecule is N#Cc1cc(F)ccc1NC(=O)N1CCN(Cc2ccccc2)CC1. The number of rotatable bonds is 3. The largest absolute Gasteiger partial charge is 0.322 e. The third-order valence-corrected chi connectivity index (χ3v) is 4.25. The lowest BCUT2D eigenvalue weighted by molar-refractivity contribution is 0.143. The maximum atomic E-state index is 13.2. The van der Waals surface area contributed by atoms with Gasteiger partial charge in [-0.3, -0.25) is 4.90 Å². The molecule has 0 atom stereocenters. The fourth-order valence-electron chi connectivity index (χ4n) is 2.86. The predicted molar refractivity (Wildman–Crippen MR) is 93.4 cm³/mol. The highest BCUT2D eigenvalue weighted by Gasteiger charge is 2.21. The van der Waals surface area contributed by atoms with E-state index < -0.39 is 5.82 Å². The van der Waals surface area contributed by atoms with Gasteiger partial charge < -0.3 is 10.2 Å². The van der Waals surface area contributed by atoms with Gasteiger partial charge in [0.05, 0.1) is 11.3 Å². The Morgan fingerprint density at radius 2 is 1.84 bits per heavy atom. The number of nitrogens with one attached hydrogen (secondary N) is 1. The first-order valence-electron chi connectivity index (χ1n) is 8.17. The van der Waals surface area contributed by atoms with Crippen LogP contribution in [0, 0.1) is 17.1 Å². The van der Waals surface area contributed by atoms with E-state index >= 15 is 0 Å². The molecule has 1 aliphatic heterocycles. The Balaban J connectivity index is 1.54. The minimum atomic E-state index is -0.496. The van der Waals surface area contributed by atoms with Gasteiger partial charge in [0.2, 0.25) is 0 Å². The van der Waals surface area contributed by atoms with Gasteiger partial charge in [-0.25, -0.2) is 9.18 Å². The predicted octanol–water partition coefficient (Wildman–Crippen LogP) is 3.05. The van der Waals surface area contributed by atoms with Crippen LogP contribution in [0.15, 0.2) is 48.5 Å². The van der Waals surface area contributed by atoms with Crippen molar-refractivity contribution in [3.63, 3.8) is 0 Å². The van der Waals surface area contributed by atoms with E-state index in [1.54, 1.807) is 4.90 Å². The van der Waals surface area contributed by atoms with Crippen LogP contribution in [0.1, 0.15) is 11.1 Å². The van der Waals surface area contributed by atoms with Crippen molar-refractivity contribution in [2.75, 3.05) is 31.5 Å². The van der Waals surface area contributed by atoms with E-state index in [1.807, 2.05) is 24.3 Å². The molecule has 6 heteroatoms. The lowest BCUT2D eigenvalue weighted by Crippen LogP contribution is -2.49. The Morgan fingerprint density at radius 3 is 2.52 bits per heavy atom. The van der Waals surface area contributed by atoms with Crippen LogP contribution in [0.2, 0.25) is 0 Å². The van der Waals surface area contributed by atoms with Crippen LogP contribution in [0.3, 0.4) is 0 Å². The van der Waals surface area contributed by atoms with Crippen LogP contribution in [-0.4, -0.2) is 42.0 Å². The molecule has 1 heterocycles. The number of carbonyl (C=O) groups excluding carboxylic acids is 1. The molecule has 0 radical (unpaired) electrons. The van der Waals surface area contributed by atoms with E-state index in [2.05, 4.69) is 22.3 Å². The number of anilines is 1. The van der Waals surface area contributed by atoms with Crippen molar-refractivity contribution in [2.24, 2.45) is 0 Å². The molecule has 1 N–H and O–H groups in total. The number of hydrogen-bond acceptors (Lipinski definition) is 3. The molecule has 2 aromatic carbocycles. The smallest absolute Gasteiger partial charge is 0.321 e. The summed E-state index contributed by atoms with van der Waals surface area (Å²) in [6.07, 6.45) is 0. The van der Waals surface area contributed by atoms with Gasteiger partial charge in [0.1, 0.15) is 11.9 Å². The third-order valence-electron chi connectivity index (χ3n) is 4.25. The fraction of sp³-hybridized carbons (Fsp3) is 0.263. The fourth-order valence-corrected chi connectivity index (χ4v) is 2.86. The highest BCUT2D eigenvalue weighted by atomic mass is 19.1. The molecule has 0 bridgehead atoms. The van der Waals surface area contributed by atoms with Crippen LogP contribution in [0.25, 0.3) is 0 Å². The summed E-state index contributed by atoms with van der Waals surface area (Å²) in [4.78, 5) is 16.4. The maximum Gasteiger partial charge on any atom is 0.321 e. The molecule has 2 amide bonds. The van der Waals surface area contributed by atoms with Crippen LogP contribution in [0.4, 0.5) is 14.9 Å². The van der Waals surface area contributed by atoms with E-state index in [0.717, 1.165) is 25.7 Å². The molecule has 5 nitrogen and oxygen atoms in total. The molecular weight excluding hydrogens is 319 g/mol. The van der Waals surface area contributed by atoms with E-state index in [0.29, 0.717) is 18.8 Å². The molecule has 3 rings (SSSR count). The zero-order valence-electron chi connectivity index (χ0n) is 13.8. The van der Waals surface area contributed by atoms with E-state index in [9.17, 15) is 9.18 Å². The number of hydrogen-bond donors (Lipinski definition) is 1. The lowest BCUT2D eigenvalue weighted by Gasteiger charge is -2.34. The van der Waals surface area contributed by atoms with E-state index in [4.69, 9.17) is 5.26 Å². The number of nitrogens with zero attached hydrogens (tertiary/aromatic N) is 3. The Bertz CT molecular complexity index is 780. The summed E-state index contributed by atoms with van der Waals surface area (Å²) < 4.78 is 13.2. The van der Waals surface area contributed by atoms with Crippen LogP contribution in [0.5, 0.6) is 0 Å². The van der Waals surface area contributed by atoms with Crippen LogP contribution >= 0.6 is 0 Å². The van der Waals surface area contributed by atoms with Gasteiger partial charge in [0, 0.05) is 32.7 Å². The van der Waals surface area contributed by atoms with Crippen molar-refractivity contribution < 1.29 is 9.18 Å². The van der Waals surface area contributed by atoms with Crippen LogP contribution < -0.4 is 5.32 Å². The second-order valence-corrected chi connectivity index (χ2v) is 5.98. The summed E-state index contributed by atoms with van der Waals surface area (Å²) in [6, 6.07) is 15.6. The van der Waals surface area contributed by atoms with Gasteiger partial charge in [-0.05, 0) is 23.8 Å². The number of urea groups is 1. The normalized spacial score (nSPS) is 14.8. The molecule has 1 aliphatic rings. The van der Waals surface area contributed by atoms with Gasteiger partial charge in [0.15, 0.2) is 0 Å². The first kappa shape index (κ1) is 16.9. The summed E-state index contributed by atoms with van der Waals surface area (Å²) in [5, 5.41) is 11.8. The van der Waals surface area contributed by atoms with Crippen molar-refractivity contribution in [1.29, 1.82) is 5.26 Å². The van der Waals surface area contributed by atoms with Gasteiger partial charge >= 0.3 is 6.03 Å². The molecule has 0 aliphatic carbocycles. The monoisotopic (exact) mass is 338 g/mol. The minimum absolute atomic E-state index is 0.121. The molecule has 25 heavy (non-hydrogen) atoms.